The van der Waals surface area contributed by atoms with Crippen molar-refractivity contribution in [2.75, 3.05) is 0 Å². The van der Waals surface area contributed by atoms with E-state index < -0.39 is 0 Å². The maximum atomic E-state index is 5.97. The average Bonchev–Trinajstić information content (AvgIpc) is 2.05. The van der Waals surface area contributed by atoms with Gasteiger partial charge >= 0.3 is 6.01 Å². The van der Waals surface area contributed by atoms with Gasteiger partial charge in [0.25, 0.3) is 0 Å². The van der Waals surface area contributed by atoms with Crippen molar-refractivity contribution in [1.29, 1.82) is 0 Å². The highest BCUT2D eigenvalue weighted by Crippen LogP contribution is 2.27. The number of nitrogens with zero attached hydrogens (tertiary/aromatic N) is 2. The molecule has 0 spiro atoms. The maximum Gasteiger partial charge on any atom is 0.320 e. The predicted octanol–water partition coefficient (Wildman–Crippen LogP) is 3.48. The van der Waals surface area contributed by atoms with Gasteiger partial charge in [-0.3, -0.25) is 0 Å². The molecule has 0 atom stereocenters. The summed E-state index contributed by atoms with van der Waals surface area (Å²) in [5, 5.41) is 0.376. The smallest absolute Gasteiger partial charge is 0.320 e. The minimum absolute atomic E-state index is 0.265. The standard InChI is InChI=1S/C12H19ClN2O2/c1-11(2,3)16-9-8(13)7-14-10(15-9)17-12(4,5)6/h7H,1-6H3. The highest BCUT2D eigenvalue weighted by Gasteiger charge is 2.19. The number of halogens is 1. The molecule has 0 amide bonds. The van der Waals surface area contributed by atoms with E-state index in [-0.39, 0.29) is 17.2 Å². The van der Waals surface area contributed by atoms with Crippen molar-refractivity contribution in [2.45, 2.75) is 52.7 Å². The number of hydrogen-bond acceptors (Lipinski definition) is 4. The third-order valence-electron chi connectivity index (χ3n) is 1.49. The molecule has 0 aliphatic heterocycles. The van der Waals surface area contributed by atoms with Crippen molar-refractivity contribution in [3.05, 3.63) is 11.2 Å². The second-order valence-corrected chi connectivity index (χ2v) is 6.14. The number of ether oxygens (including phenoxy) is 2. The first-order chi connectivity index (χ1) is 7.57. The Bertz CT molecular complexity index is 394. The lowest BCUT2D eigenvalue weighted by molar-refractivity contribution is 0.103. The molecule has 0 aliphatic carbocycles. The first kappa shape index (κ1) is 14.0. The second kappa shape index (κ2) is 4.69. The molecule has 0 fully saturated rings. The molecule has 1 aromatic rings. The van der Waals surface area contributed by atoms with E-state index in [2.05, 4.69) is 9.97 Å². The molecule has 0 bridgehead atoms. The largest absolute Gasteiger partial charge is 0.471 e. The fourth-order valence-electron chi connectivity index (χ4n) is 1.02. The Labute approximate surface area is 107 Å². The zero-order valence-electron chi connectivity index (χ0n) is 11.2. The van der Waals surface area contributed by atoms with Gasteiger partial charge in [0.05, 0.1) is 6.20 Å². The summed E-state index contributed by atoms with van der Waals surface area (Å²) in [7, 11) is 0. The van der Waals surface area contributed by atoms with Gasteiger partial charge in [-0.15, -0.1) is 0 Å². The van der Waals surface area contributed by atoms with Crippen LogP contribution in [0.2, 0.25) is 5.02 Å². The Hall–Kier alpha value is -1.03. The van der Waals surface area contributed by atoms with E-state index >= 15 is 0 Å². The third kappa shape index (κ3) is 5.22. The van der Waals surface area contributed by atoms with Gasteiger partial charge in [0, 0.05) is 0 Å². The molecule has 0 aliphatic rings. The van der Waals surface area contributed by atoms with Gasteiger partial charge in [-0.1, -0.05) is 11.6 Å². The molecule has 5 heteroatoms. The number of hydrogen-bond donors (Lipinski definition) is 0. The summed E-state index contributed by atoms with van der Waals surface area (Å²) in [6, 6.07) is 0.265. The van der Waals surface area contributed by atoms with Gasteiger partial charge in [0.15, 0.2) is 0 Å². The first-order valence-corrected chi connectivity index (χ1v) is 5.85. The first-order valence-electron chi connectivity index (χ1n) is 5.47. The summed E-state index contributed by atoms with van der Waals surface area (Å²) in [6.45, 7) is 11.6. The van der Waals surface area contributed by atoms with Crippen LogP contribution in [0, 0.1) is 0 Å². The molecular formula is C12H19ClN2O2. The van der Waals surface area contributed by atoms with Crippen molar-refractivity contribution in [2.24, 2.45) is 0 Å². The Balaban J connectivity index is 2.95. The molecule has 17 heavy (non-hydrogen) atoms. The van der Waals surface area contributed by atoms with Crippen molar-refractivity contribution in [3.63, 3.8) is 0 Å². The molecule has 96 valence electrons. The maximum absolute atomic E-state index is 5.97. The second-order valence-electron chi connectivity index (χ2n) is 5.73. The van der Waals surface area contributed by atoms with Crippen molar-refractivity contribution in [1.82, 2.24) is 9.97 Å². The zero-order valence-corrected chi connectivity index (χ0v) is 11.9. The monoisotopic (exact) mass is 258 g/mol. The molecule has 0 N–H and O–H groups in total. The Kier molecular flexibility index (Phi) is 3.87. The highest BCUT2D eigenvalue weighted by atomic mass is 35.5. The topological polar surface area (TPSA) is 44.2 Å². The molecule has 0 saturated heterocycles. The summed E-state index contributed by atoms with van der Waals surface area (Å²) in [6.07, 6.45) is 1.48. The van der Waals surface area contributed by atoms with Gasteiger partial charge in [0.2, 0.25) is 5.88 Å². The van der Waals surface area contributed by atoms with Crippen molar-refractivity contribution in [3.8, 4) is 11.9 Å². The molecule has 0 saturated carbocycles. The molecule has 1 rings (SSSR count). The molecular weight excluding hydrogens is 240 g/mol. The van der Waals surface area contributed by atoms with E-state index in [1.807, 2.05) is 41.5 Å². The quantitative estimate of drug-likeness (QED) is 0.815. The van der Waals surface area contributed by atoms with Gasteiger partial charge in [0.1, 0.15) is 16.2 Å². The summed E-state index contributed by atoms with van der Waals surface area (Å²) in [4.78, 5) is 8.16. The molecule has 4 nitrogen and oxygen atoms in total. The van der Waals surface area contributed by atoms with E-state index in [1.165, 1.54) is 6.20 Å². The van der Waals surface area contributed by atoms with Gasteiger partial charge in [-0.25, -0.2) is 4.98 Å². The number of aromatic nitrogens is 2. The molecule has 1 heterocycles. The fourth-order valence-corrected chi connectivity index (χ4v) is 1.15. The summed E-state index contributed by atoms with van der Waals surface area (Å²) in [5.41, 5.74) is -0.718. The van der Waals surface area contributed by atoms with Crippen LogP contribution in [0.15, 0.2) is 6.20 Å². The van der Waals surface area contributed by atoms with Gasteiger partial charge in [-0.05, 0) is 41.5 Å². The fraction of sp³-hybridized carbons (Fsp3) is 0.667. The van der Waals surface area contributed by atoms with Crippen molar-refractivity contribution < 1.29 is 9.47 Å². The Morgan fingerprint density at radius 3 is 2.00 bits per heavy atom. The van der Waals surface area contributed by atoms with Crippen LogP contribution in [-0.4, -0.2) is 21.2 Å². The lowest BCUT2D eigenvalue weighted by atomic mass is 10.2. The van der Waals surface area contributed by atoms with Gasteiger partial charge < -0.3 is 9.47 Å². The minimum atomic E-state index is -0.364. The highest BCUT2D eigenvalue weighted by molar-refractivity contribution is 6.31. The van der Waals surface area contributed by atoms with Crippen LogP contribution in [0.4, 0.5) is 0 Å². The van der Waals surface area contributed by atoms with Crippen LogP contribution < -0.4 is 9.47 Å². The molecule has 0 radical (unpaired) electrons. The van der Waals surface area contributed by atoms with Crippen LogP contribution in [0.5, 0.6) is 11.9 Å². The van der Waals surface area contributed by atoms with Crippen LogP contribution in [-0.2, 0) is 0 Å². The van der Waals surface area contributed by atoms with Crippen LogP contribution >= 0.6 is 11.6 Å². The van der Waals surface area contributed by atoms with Crippen molar-refractivity contribution >= 4 is 11.6 Å². The molecule has 0 aromatic carbocycles. The van der Waals surface area contributed by atoms with E-state index in [9.17, 15) is 0 Å². The zero-order chi connectivity index (χ0) is 13.3. The number of rotatable bonds is 2. The summed E-state index contributed by atoms with van der Waals surface area (Å²) < 4.78 is 11.2. The Morgan fingerprint density at radius 2 is 1.53 bits per heavy atom. The van der Waals surface area contributed by atoms with Crippen LogP contribution in [0.1, 0.15) is 41.5 Å². The lowest BCUT2D eigenvalue weighted by Gasteiger charge is -2.23. The van der Waals surface area contributed by atoms with E-state index in [1.54, 1.807) is 0 Å². The third-order valence-corrected chi connectivity index (χ3v) is 1.75. The normalized spacial score (nSPS) is 12.4. The van der Waals surface area contributed by atoms with E-state index in [0.717, 1.165) is 0 Å². The molecule has 1 aromatic heterocycles. The van der Waals surface area contributed by atoms with E-state index in [0.29, 0.717) is 10.9 Å². The minimum Gasteiger partial charge on any atom is -0.471 e. The summed E-state index contributed by atoms with van der Waals surface area (Å²) in [5.74, 6) is 0.341. The molecule has 0 unspecified atom stereocenters. The predicted molar refractivity (Wildman–Crippen MR) is 67.8 cm³/mol. The lowest BCUT2D eigenvalue weighted by Crippen LogP contribution is -2.26. The Morgan fingerprint density at radius 1 is 1.00 bits per heavy atom. The average molecular weight is 259 g/mol. The summed E-state index contributed by atoms with van der Waals surface area (Å²) >= 11 is 5.97. The SMILES string of the molecule is CC(C)(C)Oc1ncc(Cl)c(OC(C)(C)C)n1. The van der Waals surface area contributed by atoms with Crippen LogP contribution in [0.25, 0.3) is 0 Å². The van der Waals surface area contributed by atoms with Gasteiger partial charge in [-0.2, -0.15) is 4.98 Å². The van der Waals surface area contributed by atoms with Crippen LogP contribution in [0.3, 0.4) is 0 Å². The van der Waals surface area contributed by atoms with E-state index in [4.69, 9.17) is 21.1 Å².